The molecule has 0 fully saturated rings. The molecule has 100 valence electrons. The Morgan fingerprint density at radius 2 is 2.28 bits per heavy atom. The number of anilines is 1. The lowest BCUT2D eigenvalue weighted by Gasteiger charge is -2.09. The summed E-state index contributed by atoms with van der Waals surface area (Å²) in [4.78, 5) is 15.6. The van der Waals surface area contributed by atoms with Gasteiger partial charge in [0.2, 0.25) is 0 Å². The first-order chi connectivity index (χ1) is 8.54. The molecule has 0 saturated carbocycles. The third kappa shape index (κ3) is 4.44. The Morgan fingerprint density at radius 1 is 1.56 bits per heavy atom. The summed E-state index contributed by atoms with van der Waals surface area (Å²) in [5.74, 6) is -0.148. The van der Waals surface area contributed by atoms with Gasteiger partial charge in [0.05, 0.1) is 17.1 Å². The van der Waals surface area contributed by atoms with Gasteiger partial charge in [0, 0.05) is 12.7 Å². The molecule has 18 heavy (non-hydrogen) atoms. The third-order valence-corrected chi connectivity index (χ3v) is 2.37. The molecule has 0 bridgehead atoms. The van der Waals surface area contributed by atoms with Crippen LogP contribution in [0.15, 0.2) is 12.3 Å². The molecule has 0 unspecified atom stereocenters. The van der Waals surface area contributed by atoms with E-state index in [0.717, 1.165) is 6.42 Å². The number of pyridine rings is 1. The van der Waals surface area contributed by atoms with Gasteiger partial charge in [0.25, 0.3) is 12.3 Å². The van der Waals surface area contributed by atoms with E-state index in [1.54, 1.807) is 0 Å². The number of carbonyl (C=O) groups excluding carboxylic acids is 1. The highest BCUT2D eigenvalue weighted by atomic mass is 35.5. The van der Waals surface area contributed by atoms with Crippen LogP contribution in [0.3, 0.4) is 0 Å². The van der Waals surface area contributed by atoms with E-state index in [1.165, 1.54) is 12.3 Å². The Bertz CT molecular complexity index is 415. The van der Waals surface area contributed by atoms with E-state index in [0.29, 0.717) is 12.4 Å². The molecule has 0 aromatic carbocycles. The van der Waals surface area contributed by atoms with E-state index >= 15 is 0 Å². The molecule has 1 amide bonds. The summed E-state index contributed by atoms with van der Waals surface area (Å²) in [5, 5.41) is 5.21. The summed E-state index contributed by atoms with van der Waals surface area (Å²) >= 11 is 5.80. The van der Waals surface area contributed by atoms with E-state index in [9.17, 15) is 13.6 Å². The number of nitrogens with zero attached hydrogens (tertiary/aromatic N) is 1. The molecule has 0 spiro atoms. The van der Waals surface area contributed by atoms with Crippen LogP contribution in [0.5, 0.6) is 0 Å². The predicted molar refractivity (Wildman–Crippen MR) is 66.4 cm³/mol. The van der Waals surface area contributed by atoms with Crippen molar-refractivity contribution in [3.05, 3.63) is 22.8 Å². The minimum Gasteiger partial charge on any atom is -0.370 e. The molecule has 4 nitrogen and oxygen atoms in total. The van der Waals surface area contributed by atoms with E-state index in [2.05, 4.69) is 15.6 Å². The fourth-order valence-electron chi connectivity index (χ4n) is 1.23. The van der Waals surface area contributed by atoms with Gasteiger partial charge in [-0.05, 0) is 12.5 Å². The first-order valence-corrected chi connectivity index (χ1v) is 5.88. The van der Waals surface area contributed by atoms with E-state index in [4.69, 9.17) is 11.6 Å². The van der Waals surface area contributed by atoms with Crippen molar-refractivity contribution in [2.24, 2.45) is 0 Å². The zero-order valence-corrected chi connectivity index (χ0v) is 10.6. The van der Waals surface area contributed by atoms with Gasteiger partial charge in [-0.3, -0.25) is 4.79 Å². The zero-order chi connectivity index (χ0) is 13.5. The second-order valence-corrected chi connectivity index (χ2v) is 3.98. The van der Waals surface area contributed by atoms with Crippen LogP contribution in [-0.2, 0) is 0 Å². The summed E-state index contributed by atoms with van der Waals surface area (Å²) in [7, 11) is 0. The molecule has 0 saturated heterocycles. The minimum absolute atomic E-state index is 0.129. The van der Waals surface area contributed by atoms with Crippen molar-refractivity contribution in [3.63, 3.8) is 0 Å². The third-order valence-electron chi connectivity index (χ3n) is 2.07. The number of hydrogen-bond donors (Lipinski definition) is 2. The summed E-state index contributed by atoms with van der Waals surface area (Å²) in [6.45, 7) is 1.99. The number of nitrogens with one attached hydrogen (secondary N) is 2. The average molecular weight is 278 g/mol. The Labute approximate surface area is 109 Å². The Balaban J connectivity index is 2.76. The molecule has 7 heteroatoms. The lowest BCUT2D eigenvalue weighted by molar-refractivity contribution is 0.0892. The minimum atomic E-state index is -2.59. The van der Waals surface area contributed by atoms with Crippen LogP contribution in [0.2, 0.25) is 5.02 Å². The van der Waals surface area contributed by atoms with Crippen LogP contribution in [0, 0.1) is 0 Å². The topological polar surface area (TPSA) is 54.0 Å². The van der Waals surface area contributed by atoms with Gasteiger partial charge in [-0.15, -0.1) is 0 Å². The van der Waals surface area contributed by atoms with Gasteiger partial charge < -0.3 is 10.6 Å². The number of hydrogen-bond acceptors (Lipinski definition) is 3. The van der Waals surface area contributed by atoms with Crippen LogP contribution in [0.4, 0.5) is 14.6 Å². The quantitative estimate of drug-likeness (QED) is 0.840. The number of aromatic nitrogens is 1. The van der Waals surface area contributed by atoms with Crippen LogP contribution in [0.25, 0.3) is 0 Å². The molecular weight excluding hydrogens is 264 g/mol. The van der Waals surface area contributed by atoms with Crippen molar-refractivity contribution in [2.75, 3.05) is 18.4 Å². The van der Waals surface area contributed by atoms with Gasteiger partial charge in [-0.1, -0.05) is 18.5 Å². The molecule has 2 N–H and O–H groups in total. The monoisotopic (exact) mass is 277 g/mol. The van der Waals surface area contributed by atoms with Gasteiger partial charge in [-0.2, -0.15) is 0 Å². The first kappa shape index (κ1) is 14.6. The predicted octanol–water partition coefficient (Wildman–Crippen LogP) is 2.55. The Morgan fingerprint density at radius 3 is 2.89 bits per heavy atom. The average Bonchev–Trinajstić information content (AvgIpc) is 2.35. The maximum absolute atomic E-state index is 12.0. The van der Waals surface area contributed by atoms with E-state index in [1.807, 2.05) is 6.92 Å². The Kier molecular flexibility index (Phi) is 5.77. The van der Waals surface area contributed by atoms with Crippen molar-refractivity contribution in [1.82, 2.24) is 10.3 Å². The van der Waals surface area contributed by atoms with Crippen molar-refractivity contribution in [2.45, 2.75) is 19.8 Å². The molecule has 0 aliphatic carbocycles. The Hall–Kier alpha value is -1.43. The molecule has 0 aliphatic heterocycles. The molecule has 0 atom stereocenters. The van der Waals surface area contributed by atoms with Crippen LogP contribution < -0.4 is 10.6 Å². The van der Waals surface area contributed by atoms with E-state index < -0.39 is 18.9 Å². The highest BCUT2D eigenvalue weighted by molar-refractivity contribution is 6.33. The molecule has 1 aromatic rings. The van der Waals surface area contributed by atoms with Crippen molar-refractivity contribution in [3.8, 4) is 0 Å². The fourth-order valence-corrected chi connectivity index (χ4v) is 1.42. The largest absolute Gasteiger partial charge is 0.370 e. The second-order valence-electron chi connectivity index (χ2n) is 3.58. The molecular formula is C11H14ClF2N3O. The van der Waals surface area contributed by atoms with Crippen LogP contribution in [-0.4, -0.2) is 30.4 Å². The molecule has 1 heterocycles. The maximum atomic E-state index is 12.0. The lowest BCUT2D eigenvalue weighted by atomic mass is 10.2. The standard InChI is InChI=1S/C11H14ClF2N3O/c1-2-3-15-10-4-7(8(12)5-16-10)11(18)17-6-9(13)14/h4-5,9H,2-3,6H2,1H3,(H,15,16)(H,17,18). The second kappa shape index (κ2) is 7.10. The highest BCUT2D eigenvalue weighted by Crippen LogP contribution is 2.18. The number of rotatable bonds is 6. The van der Waals surface area contributed by atoms with Crippen molar-refractivity contribution >= 4 is 23.3 Å². The summed E-state index contributed by atoms with van der Waals surface area (Å²) in [6, 6.07) is 1.44. The molecule has 0 radical (unpaired) electrons. The van der Waals surface area contributed by atoms with E-state index in [-0.39, 0.29) is 10.6 Å². The summed E-state index contributed by atoms with van der Waals surface area (Å²) in [6.07, 6.45) is -0.374. The number of alkyl halides is 2. The first-order valence-electron chi connectivity index (χ1n) is 5.50. The number of amides is 1. The summed E-state index contributed by atoms with van der Waals surface area (Å²) in [5.41, 5.74) is 0.130. The molecule has 0 aliphatic rings. The fraction of sp³-hybridized carbons (Fsp3) is 0.455. The van der Waals surface area contributed by atoms with Crippen molar-refractivity contribution in [1.29, 1.82) is 0 Å². The van der Waals surface area contributed by atoms with Gasteiger partial charge in [0.15, 0.2) is 0 Å². The lowest BCUT2D eigenvalue weighted by Crippen LogP contribution is -2.28. The van der Waals surface area contributed by atoms with Crippen LogP contribution >= 0.6 is 11.6 Å². The number of carbonyl (C=O) groups is 1. The van der Waals surface area contributed by atoms with Gasteiger partial charge in [-0.25, -0.2) is 13.8 Å². The van der Waals surface area contributed by atoms with Gasteiger partial charge >= 0.3 is 0 Å². The van der Waals surface area contributed by atoms with Crippen LogP contribution in [0.1, 0.15) is 23.7 Å². The number of halogens is 3. The smallest absolute Gasteiger partial charge is 0.255 e. The SMILES string of the molecule is CCCNc1cc(C(=O)NCC(F)F)c(Cl)cn1. The normalized spacial score (nSPS) is 10.5. The van der Waals surface area contributed by atoms with Gasteiger partial charge in [0.1, 0.15) is 5.82 Å². The van der Waals surface area contributed by atoms with Crippen molar-refractivity contribution < 1.29 is 13.6 Å². The molecule has 1 aromatic heterocycles. The highest BCUT2D eigenvalue weighted by Gasteiger charge is 2.13. The summed E-state index contributed by atoms with van der Waals surface area (Å²) < 4.78 is 24.0. The zero-order valence-electron chi connectivity index (χ0n) is 9.84. The maximum Gasteiger partial charge on any atom is 0.255 e. The molecule has 1 rings (SSSR count).